The highest BCUT2D eigenvalue weighted by Crippen LogP contribution is 2.37. The lowest BCUT2D eigenvalue weighted by Crippen LogP contribution is -2.39. The highest BCUT2D eigenvalue weighted by molar-refractivity contribution is 7.89. The zero-order valence-electron chi connectivity index (χ0n) is 13.4. The summed E-state index contributed by atoms with van der Waals surface area (Å²) >= 11 is 0. The van der Waals surface area contributed by atoms with Gasteiger partial charge in [0.2, 0.25) is 10.0 Å². The van der Waals surface area contributed by atoms with Crippen LogP contribution in [0, 0.1) is 18.3 Å². The second-order valence-corrected chi connectivity index (χ2v) is 8.73. The Kier molecular flexibility index (Phi) is 5.10. The van der Waals surface area contributed by atoms with E-state index >= 15 is 0 Å². The minimum Gasteiger partial charge on any atom is -0.211 e. The minimum atomic E-state index is -3.40. The maximum Gasteiger partial charge on any atom is 0.240 e. The van der Waals surface area contributed by atoms with Crippen LogP contribution in [0.1, 0.15) is 51.5 Å². The average Bonchev–Trinajstić information content (AvgIpc) is 2.47. The second-order valence-electron chi connectivity index (χ2n) is 6.96. The summed E-state index contributed by atoms with van der Waals surface area (Å²) in [7, 11) is -3.40. The predicted molar refractivity (Wildman–Crippen MR) is 86.7 cm³/mol. The molecule has 3 nitrogen and oxygen atoms in total. The summed E-state index contributed by atoms with van der Waals surface area (Å²) in [5, 5.41) is 0. The maximum absolute atomic E-state index is 12.4. The van der Waals surface area contributed by atoms with E-state index < -0.39 is 10.0 Å². The second kappa shape index (κ2) is 6.49. The van der Waals surface area contributed by atoms with Gasteiger partial charge in [-0.3, -0.25) is 0 Å². The van der Waals surface area contributed by atoms with Crippen LogP contribution < -0.4 is 4.72 Å². The summed E-state index contributed by atoms with van der Waals surface area (Å²) in [5.41, 5.74) is 1.08. The van der Waals surface area contributed by atoms with E-state index in [0.717, 1.165) is 5.56 Å². The van der Waals surface area contributed by atoms with Gasteiger partial charge >= 0.3 is 0 Å². The van der Waals surface area contributed by atoms with E-state index in [1.807, 2.05) is 19.1 Å². The van der Waals surface area contributed by atoms with Gasteiger partial charge < -0.3 is 0 Å². The van der Waals surface area contributed by atoms with Gasteiger partial charge in [0.25, 0.3) is 0 Å². The number of aryl methyl sites for hydroxylation is 1. The van der Waals surface area contributed by atoms with Crippen molar-refractivity contribution in [3.63, 3.8) is 0 Å². The molecular formula is C17H27NO2S. The fourth-order valence-electron chi connectivity index (χ4n) is 3.11. The van der Waals surface area contributed by atoms with Crippen molar-refractivity contribution in [1.29, 1.82) is 0 Å². The van der Waals surface area contributed by atoms with Crippen molar-refractivity contribution in [3.05, 3.63) is 29.8 Å². The molecule has 0 radical (unpaired) electrons. The van der Waals surface area contributed by atoms with Crippen LogP contribution in [-0.4, -0.2) is 15.0 Å². The van der Waals surface area contributed by atoms with E-state index in [2.05, 4.69) is 18.6 Å². The van der Waals surface area contributed by atoms with Crippen molar-refractivity contribution in [2.45, 2.75) is 57.8 Å². The van der Waals surface area contributed by atoms with Gasteiger partial charge in [-0.15, -0.1) is 0 Å². The van der Waals surface area contributed by atoms with Crippen LogP contribution in [0.15, 0.2) is 29.2 Å². The molecule has 0 unspecified atom stereocenters. The van der Waals surface area contributed by atoms with Gasteiger partial charge in [0, 0.05) is 6.54 Å². The zero-order chi connectivity index (χ0) is 15.5. The van der Waals surface area contributed by atoms with E-state index in [1.165, 1.54) is 32.1 Å². The molecule has 0 heterocycles. The molecule has 0 aromatic heterocycles. The van der Waals surface area contributed by atoms with Crippen molar-refractivity contribution in [1.82, 2.24) is 4.72 Å². The number of rotatable bonds is 5. The molecule has 4 heteroatoms. The van der Waals surface area contributed by atoms with E-state index in [1.54, 1.807) is 12.1 Å². The van der Waals surface area contributed by atoms with E-state index in [-0.39, 0.29) is 5.41 Å². The van der Waals surface area contributed by atoms with E-state index in [4.69, 9.17) is 0 Å². The molecule has 1 N–H and O–H groups in total. The first kappa shape index (κ1) is 16.5. The molecule has 21 heavy (non-hydrogen) atoms. The van der Waals surface area contributed by atoms with Crippen LogP contribution in [0.3, 0.4) is 0 Å². The Morgan fingerprint density at radius 1 is 1.10 bits per heavy atom. The topological polar surface area (TPSA) is 46.2 Å². The molecule has 1 saturated carbocycles. The first-order valence-electron chi connectivity index (χ1n) is 7.88. The lowest BCUT2D eigenvalue weighted by Gasteiger charge is -2.37. The van der Waals surface area contributed by atoms with Crippen LogP contribution in [0.25, 0.3) is 0 Å². The smallest absolute Gasteiger partial charge is 0.211 e. The van der Waals surface area contributed by atoms with Crippen molar-refractivity contribution < 1.29 is 8.42 Å². The number of benzene rings is 1. The summed E-state index contributed by atoms with van der Waals surface area (Å²) < 4.78 is 27.5. The van der Waals surface area contributed by atoms with Crippen molar-refractivity contribution in [2.24, 2.45) is 11.3 Å². The summed E-state index contributed by atoms with van der Waals surface area (Å²) in [6.07, 6.45) is 6.32. The van der Waals surface area contributed by atoms with Crippen molar-refractivity contribution in [3.8, 4) is 0 Å². The lowest BCUT2D eigenvalue weighted by atomic mass is 9.71. The Hall–Kier alpha value is -0.870. The molecule has 1 aliphatic rings. The normalized spacial score (nSPS) is 17.9. The van der Waals surface area contributed by atoms with Gasteiger partial charge in [-0.2, -0.15) is 0 Å². The minimum absolute atomic E-state index is 0.0121. The first-order valence-corrected chi connectivity index (χ1v) is 9.36. The van der Waals surface area contributed by atoms with Gasteiger partial charge in [0.1, 0.15) is 0 Å². The van der Waals surface area contributed by atoms with E-state index in [0.29, 0.717) is 17.4 Å². The molecule has 0 spiro atoms. The highest BCUT2D eigenvalue weighted by Gasteiger charge is 2.31. The fourth-order valence-corrected chi connectivity index (χ4v) is 4.33. The molecule has 0 amide bonds. The van der Waals surface area contributed by atoms with Crippen LogP contribution in [0.2, 0.25) is 0 Å². The third-order valence-corrected chi connectivity index (χ3v) is 6.18. The summed E-state index contributed by atoms with van der Waals surface area (Å²) in [4.78, 5) is 0.354. The van der Waals surface area contributed by atoms with Gasteiger partial charge in [-0.25, -0.2) is 13.1 Å². The predicted octanol–water partition coefficient (Wildman–Crippen LogP) is 3.88. The Balaban J connectivity index is 2.01. The zero-order valence-corrected chi connectivity index (χ0v) is 14.2. The third kappa shape index (κ3) is 4.30. The standard InChI is InChI=1S/C17H27NO2S/c1-14-9-11-16(12-10-14)21(19,20)18-13-17(2,3)15-7-5-4-6-8-15/h9-12,15,18H,4-8,13H2,1-3H3. The fraction of sp³-hybridized carbons (Fsp3) is 0.647. The molecule has 2 rings (SSSR count). The average molecular weight is 309 g/mol. The Bertz CT molecular complexity index is 555. The molecule has 1 fully saturated rings. The van der Waals surface area contributed by atoms with Gasteiger partial charge in [0.05, 0.1) is 4.90 Å². The molecular weight excluding hydrogens is 282 g/mol. The lowest BCUT2D eigenvalue weighted by molar-refractivity contribution is 0.162. The largest absolute Gasteiger partial charge is 0.240 e. The van der Waals surface area contributed by atoms with Gasteiger partial charge in [-0.05, 0) is 43.2 Å². The van der Waals surface area contributed by atoms with Crippen LogP contribution in [-0.2, 0) is 10.0 Å². The Labute approximate surface area is 129 Å². The number of sulfonamides is 1. The number of hydrogen-bond acceptors (Lipinski definition) is 2. The van der Waals surface area contributed by atoms with Crippen molar-refractivity contribution >= 4 is 10.0 Å². The molecule has 1 aromatic carbocycles. The SMILES string of the molecule is Cc1ccc(S(=O)(=O)NCC(C)(C)C2CCCCC2)cc1. The molecule has 1 aliphatic carbocycles. The maximum atomic E-state index is 12.4. The molecule has 0 saturated heterocycles. The molecule has 0 aliphatic heterocycles. The van der Waals surface area contributed by atoms with Crippen molar-refractivity contribution in [2.75, 3.05) is 6.54 Å². The first-order chi connectivity index (χ1) is 9.81. The third-order valence-electron chi connectivity index (χ3n) is 4.76. The van der Waals surface area contributed by atoms with Crippen LogP contribution in [0.4, 0.5) is 0 Å². The molecule has 0 atom stereocenters. The quantitative estimate of drug-likeness (QED) is 0.897. The Morgan fingerprint density at radius 2 is 1.67 bits per heavy atom. The monoisotopic (exact) mass is 309 g/mol. The van der Waals surface area contributed by atoms with Crippen LogP contribution in [0.5, 0.6) is 0 Å². The number of hydrogen-bond donors (Lipinski definition) is 1. The van der Waals surface area contributed by atoms with Gasteiger partial charge in [-0.1, -0.05) is 50.8 Å². The summed E-state index contributed by atoms with van der Waals surface area (Å²) in [5.74, 6) is 0.618. The van der Waals surface area contributed by atoms with E-state index in [9.17, 15) is 8.42 Å². The number of nitrogens with one attached hydrogen (secondary N) is 1. The van der Waals surface area contributed by atoms with Crippen LogP contribution >= 0.6 is 0 Å². The summed E-state index contributed by atoms with van der Waals surface area (Å²) in [6, 6.07) is 7.01. The molecule has 1 aromatic rings. The highest BCUT2D eigenvalue weighted by atomic mass is 32.2. The molecule has 118 valence electrons. The van der Waals surface area contributed by atoms with Gasteiger partial charge in [0.15, 0.2) is 0 Å². The summed E-state index contributed by atoms with van der Waals surface area (Å²) in [6.45, 7) is 6.82. The Morgan fingerprint density at radius 3 is 2.24 bits per heavy atom. The molecule has 0 bridgehead atoms.